The fourth-order valence-electron chi connectivity index (χ4n) is 2.26. The highest BCUT2D eigenvalue weighted by Gasteiger charge is 2.13. The first kappa shape index (κ1) is 15.2. The van der Waals surface area contributed by atoms with Crippen LogP contribution in [0.2, 0.25) is 0 Å². The van der Waals surface area contributed by atoms with Gasteiger partial charge >= 0.3 is 0 Å². The van der Waals surface area contributed by atoms with E-state index < -0.39 is 0 Å². The minimum atomic E-state index is -0.357. The summed E-state index contributed by atoms with van der Waals surface area (Å²) >= 11 is 4.49. The third-order valence-electron chi connectivity index (χ3n) is 3.47. The van der Waals surface area contributed by atoms with Gasteiger partial charge in [-0.15, -0.1) is 0 Å². The van der Waals surface area contributed by atoms with E-state index in [1.165, 1.54) is 12.3 Å². The second-order valence-corrected chi connectivity index (χ2v) is 5.56. The second kappa shape index (κ2) is 6.62. The lowest BCUT2D eigenvalue weighted by Crippen LogP contribution is -2.11. The van der Waals surface area contributed by atoms with E-state index >= 15 is 0 Å². The molecule has 1 aromatic heterocycles. The molecule has 114 valence electrons. The van der Waals surface area contributed by atoms with Gasteiger partial charge in [-0.2, -0.15) is 12.6 Å². The Bertz CT molecular complexity index is 873. The zero-order valence-corrected chi connectivity index (χ0v) is 13.0. The smallest absolute Gasteiger partial charge is 0.250 e. The number of nitrogens with one attached hydrogen (secondary N) is 1. The van der Waals surface area contributed by atoms with Crippen molar-refractivity contribution in [3.8, 4) is 0 Å². The number of thiol groups is 1. The molecular weight excluding hydrogens is 308 g/mol. The Morgan fingerprint density at radius 1 is 0.957 bits per heavy atom. The molecule has 5 heteroatoms. The maximum Gasteiger partial charge on any atom is 0.250 e. The largest absolute Gasteiger partial charge is 0.309 e. The maximum absolute atomic E-state index is 12.4. The summed E-state index contributed by atoms with van der Waals surface area (Å²) < 4.78 is 0. The van der Waals surface area contributed by atoms with E-state index in [1.807, 2.05) is 30.3 Å². The van der Waals surface area contributed by atoms with Crippen molar-refractivity contribution in [1.29, 1.82) is 0 Å². The van der Waals surface area contributed by atoms with Crippen molar-refractivity contribution in [3.05, 3.63) is 99.7 Å². The van der Waals surface area contributed by atoms with Crippen LogP contribution >= 0.6 is 12.6 Å². The number of carbonyl (C=O) groups excluding carboxylic acids is 1. The van der Waals surface area contributed by atoms with Crippen LogP contribution in [0.4, 0.5) is 0 Å². The molecule has 0 saturated heterocycles. The first-order chi connectivity index (χ1) is 11.1. The van der Waals surface area contributed by atoms with Crippen molar-refractivity contribution in [1.82, 2.24) is 9.97 Å². The van der Waals surface area contributed by atoms with Gasteiger partial charge in [-0.1, -0.05) is 54.6 Å². The Labute approximate surface area is 138 Å². The van der Waals surface area contributed by atoms with Gasteiger partial charge in [0.25, 0.3) is 5.56 Å². The summed E-state index contributed by atoms with van der Waals surface area (Å²) in [5, 5.41) is -0.357. The van der Waals surface area contributed by atoms with Crippen LogP contribution in [0.5, 0.6) is 0 Å². The lowest BCUT2D eigenvalue weighted by Gasteiger charge is -2.10. The second-order valence-electron chi connectivity index (χ2n) is 5.04. The van der Waals surface area contributed by atoms with Crippen molar-refractivity contribution in [2.24, 2.45) is 0 Å². The molecule has 0 aliphatic rings. The molecular formula is C18H14N2O2S. The number of benzene rings is 2. The highest BCUT2D eigenvalue weighted by molar-refractivity contribution is 7.80. The average Bonchev–Trinajstić information content (AvgIpc) is 2.61. The molecule has 0 amide bonds. The summed E-state index contributed by atoms with van der Waals surface area (Å²) in [4.78, 5) is 30.5. The molecule has 0 bridgehead atoms. The van der Waals surface area contributed by atoms with Crippen LogP contribution < -0.4 is 5.56 Å². The van der Waals surface area contributed by atoms with Crippen LogP contribution in [-0.2, 0) is 0 Å². The third kappa shape index (κ3) is 3.40. The molecule has 1 atom stereocenters. The highest BCUT2D eigenvalue weighted by atomic mass is 32.1. The Balaban J connectivity index is 1.85. The van der Waals surface area contributed by atoms with E-state index in [0.29, 0.717) is 17.0 Å². The van der Waals surface area contributed by atoms with Crippen LogP contribution in [-0.4, -0.2) is 15.8 Å². The third-order valence-corrected chi connectivity index (χ3v) is 4.02. The van der Waals surface area contributed by atoms with E-state index in [4.69, 9.17) is 0 Å². The molecule has 0 saturated carbocycles. The van der Waals surface area contributed by atoms with Gasteiger partial charge < -0.3 is 4.98 Å². The van der Waals surface area contributed by atoms with Crippen LogP contribution in [0.15, 0.2) is 71.7 Å². The van der Waals surface area contributed by atoms with Gasteiger partial charge in [0.1, 0.15) is 5.82 Å². The first-order valence-corrected chi connectivity index (χ1v) is 7.60. The summed E-state index contributed by atoms with van der Waals surface area (Å²) in [5.41, 5.74) is 1.89. The molecule has 1 N–H and O–H groups in total. The van der Waals surface area contributed by atoms with Crippen molar-refractivity contribution in [2.75, 3.05) is 0 Å². The van der Waals surface area contributed by atoms with Gasteiger partial charge in [0.05, 0.1) is 5.25 Å². The molecule has 2 aromatic carbocycles. The predicted octanol–water partition coefficient (Wildman–Crippen LogP) is 3.02. The van der Waals surface area contributed by atoms with E-state index in [9.17, 15) is 9.59 Å². The van der Waals surface area contributed by atoms with Crippen molar-refractivity contribution >= 4 is 18.4 Å². The van der Waals surface area contributed by atoms with Crippen molar-refractivity contribution < 1.29 is 4.79 Å². The van der Waals surface area contributed by atoms with E-state index in [2.05, 4.69) is 22.6 Å². The maximum atomic E-state index is 12.4. The van der Waals surface area contributed by atoms with Crippen LogP contribution in [0, 0.1) is 0 Å². The fraction of sp³-hybridized carbons (Fsp3) is 0.0556. The molecule has 1 unspecified atom stereocenters. The standard InChI is InChI=1S/C18H14N2O2S/c21-15-10-11-19-18(20-15)17(23)14-8-6-13(7-9-14)16(22)12-4-2-1-3-5-12/h1-11,17,23H,(H,19,20,21). The molecule has 0 aliphatic carbocycles. The molecule has 0 spiro atoms. The van der Waals surface area contributed by atoms with Gasteiger partial charge in [0.2, 0.25) is 0 Å². The lowest BCUT2D eigenvalue weighted by molar-refractivity contribution is 0.103. The number of rotatable bonds is 4. The predicted molar refractivity (Wildman–Crippen MR) is 92.0 cm³/mol. The highest BCUT2D eigenvalue weighted by Crippen LogP contribution is 2.25. The number of ketones is 1. The van der Waals surface area contributed by atoms with Crippen molar-refractivity contribution in [2.45, 2.75) is 5.25 Å². The summed E-state index contributed by atoms with van der Waals surface area (Å²) in [6, 6.07) is 17.6. The van der Waals surface area contributed by atoms with Gasteiger partial charge in [0.15, 0.2) is 5.78 Å². The number of H-pyrrole nitrogens is 1. The van der Waals surface area contributed by atoms with Crippen LogP contribution in [0.25, 0.3) is 0 Å². The summed E-state index contributed by atoms with van der Waals surface area (Å²) in [6.07, 6.45) is 1.45. The van der Waals surface area contributed by atoms with Gasteiger partial charge in [0, 0.05) is 23.4 Å². The van der Waals surface area contributed by atoms with Gasteiger partial charge in [-0.3, -0.25) is 9.59 Å². The number of aromatic amines is 1. The van der Waals surface area contributed by atoms with E-state index in [0.717, 1.165) is 5.56 Å². The number of hydrogen-bond acceptors (Lipinski definition) is 4. The fourth-order valence-corrected chi connectivity index (χ4v) is 2.56. The molecule has 3 aromatic rings. The zero-order chi connectivity index (χ0) is 16.2. The number of nitrogens with zero attached hydrogens (tertiary/aromatic N) is 1. The molecule has 3 rings (SSSR count). The normalized spacial score (nSPS) is 11.9. The monoisotopic (exact) mass is 322 g/mol. The van der Waals surface area contributed by atoms with E-state index in [1.54, 1.807) is 24.3 Å². The molecule has 23 heavy (non-hydrogen) atoms. The van der Waals surface area contributed by atoms with Crippen LogP contribution in [0.3, 0.4) is 0 Å². The summed E-state index contributed by atoms with van der Waals surface area (Å²) in [6.45, 7) is 0. The molecule has 1 heterocycles. The lowest BCUT2D eigenvalue weighted by atomic mass is 10.0. The Morgan fingerprint density at radius 2 is 1.61 bits per heavy atom. The zero-order valence-electron chi connectivity index (χ0n) is 12.1. The Morgan fingerprint density at radius 3 is 2.26 bits per heavy atom. The summed E-state index contributed by atoms with van der Waals surface area (Å²) in [5.74, 6) is 0.446. The Kier molecular flexibility index (Phi) is 4.39. The van der Waals surface area contributed by atoms with E-state index in [-0.39, 0.29) is 16.6 Å². The topological polar surface area (TPSA) is 62.8 Å². The van der Waals surface area contributed by atoms with Crippen molar-refractivity contribution in [3.63, 3.8) is 0 Å². The van der Waals surface area contributed by atoms with Gasteiger partial charge in [-0.25, -0.2) is 4.98 Å². The quantitative estimate of drug-likeness (QED) is 0.573. The van der Waals surface area contributed by atoms with Gasteiger partial charge in [-0.05, 0) is 5.56 Å². The Hall–Kier alpha value is -2.66. The first-order valence-electron chi connectivity index (χ1n) is 7.08. The SMILES string of the molecule is O=C(c1ccccc1)c1ccc(C(S)c2nccc(=O)[nH]2)cc1. The summed E-state index contributed by atoms with van der Waals surface area (Å²) in [7, 11) is 0. The minimum absolute atomic E-state index is 0.0286. The molecule has 0 radical (unpaired) electrons. The molecule has 0 fully saturated rings. The minimum Gasteiger partial charge on any atom is -0.309 e. The molecule has 0 aliphatic heterocycles. The number of carbonyl (C=O) groups is 1. The number of hydrogen-bond donors (Lipinski definition) is 2. The average molecular weight is 322 g/mol. The number of aromatic nitrogens is 2. The molecule has 4 nitrogen and oxygen atoms in total. The van der Waals surface area contributed by atoms with Crippen LogP contribution in [0.1, 0.15) is 32.6 Å².